The maximum atomic E-state index is 13.3. The van der Waals surface area contributed by atoms with Gasteiger partial charge in [-0.1, -0.05) is 12.1 Å². The van der Waals surface area contributed by atoms with E-state index in [0.29, 0.717) is 30.3 Å². The number of ether oxygens (including phenoxy) is 2. The van der Waals surface area contributed by atoms with E-state index in [1.165, 1.54) is 11.0 Å². The number of halogens is 2. The van der Waals surface area contributed by atoms with Crippen molar-refractivity contribution in [3.63, 3.8) is 0 Å². The first kappa shape index (κ1) is 18.9. The van der Waals surface area contributed by atoms with Crippen LogP contribution in [0.3, 0.4) is 0 Å². The van der Waals surface area contributed by atoms with E-state index in [1.54, 1.807) is 7.05 Å². The Bertz CT molecular complexity index is 829. The SMILES string of the molecule is CC(NC(=O)N(C)Cc1ccc(F)c(F)c1)c1ccc2c(c1)OCCCO2. The molecule has 0 saturated heterocycles. The monoisotopic (exact) mass is 376 g/mol. The molecule has 144 valence electrons. The fourth-order valence-corrected chi connectivity index (χ4v) is 2.81. The van der Waals surface area contributed by atoms with Crippen LogP contribution in [-0.2, 0) is 6.54 Å². The molecule has 1 aliphatic rings. The molecule has 1 heterocycles. The lowest BCUT2D eigenvalue weighted by Crippen LogP contribution is -2.38. The summed E-state index contributed by atoms with van der Waals surface area (Å²) in [5, 5.41) is 2.89. The molecule has 7 heteroatoms. The quantitative estimate of drug-likeness (QED) is 0.877. The Balaban J connectivity index is 1.62. The second kappa shape index (κ2) is 8.24. The van der Waals surface area contributed by atoms with Crippen molar-refractivity contribution in [1.82, 2.24) is 10.2 Å². The van der Waals surface area contributed by atoms with Crippen LogP contribution in [-0.4, -0.2) is 31.2 Å². The molecule has 2 aromatic carbocycles. The molecule has 1 N–H and O–H groups in total. The number of hydrogen-bond donors (Lipinski definition) is 1. The standard InChI is InChI=1S/C20H22F2N2O3/c1-13(15-5-7-18-19(11-15)27-9-3-8-26-18)23-20(25)24(2)12-14-4-6-16(21)17(22)10-14/h4-7,10-11,13H,3,8-9,12H2,1-2H3,(H,23,25). The summed E-state index contributed by atoms with van der Waals surface area (Å²) in [5.74, 6) is -0.470. The zero-order valence-electron chi connectivity index (χ0n) is 15.3. The van der Waals surface area contributed by atoms with E-state index in [2.05, 4.69) is 5.32 Å². The number of amides is 2. The third-order valence-electron chi connectivity index (χ3n) is 4.36. The minimum atomic E-state index is -0.929. The number of carbonyl (C=O) groups is 1. The van der Waals surface area contributed by atoms with Crippen molar-refractivity contribution < 1.29 is 23.0 Å². The van der Waals surface area contributed by atoms with E-state index >= 15 is 0 Å². The van der Waals surface area contributed by atoms with E-state index in [1.807, 2.05) is 25.1 Å². The Morgan fingerprint density at radius 3 is 2.59 bits per heavy atom. The molecule has 1 aliphatic heterocycles. The van der Waals surface area contributed by atoms with Crippen LogP contribution in [0.5, 0.6) is 11.5 Å². The van der Waals surface area contributed by atoms with Crippen molar-refractivity contribution in [2.75, 3.05) is 20.3 Å². The van der Waals surface area contributed by atoms with Gasteiger partial charge in [-0.25, -0.2) is 13.6 Å². The highest BCUT2D eigenvalue weighted by molar-refractivity contribution is 5.74. The summed E-state index contributed by atoms with van der Waals surface area (Å²) in [6.07, 6.45) is 0.824. The van der Waals surface area contributed by atoms with Crippen molar-refractivity contribution in [2.45, 2.75) is 25.9 Å². The second-order valence-electron chi connectivity index (χ2n) is 6.53. The highest BCUT2D eigenvalue weighted by atomic mass is 19.2. The smallest absolute Gasteiger partial charge is 0.317 e. The molecule has 27 heavy (non-hydrogen) atoms. The number of fused-ring (bicyclic) bond motifs is 1. The molecule has 1 atom stereocenters. The second-order valence-corrected chi connectivity index (χ2v) is 6.53. The highest BCUT2D eigenvalue weighted by Gasteiger charge is 2.17. The van der Waals surface area contributed by atoms with Gasteiger partial charge in [0.1, 0.15) is 0 Å². The Labute approximate surface area is 156 Å². The van der Waals surface area contributed by atoms with Gasteiger partial charge in [-0.3, -0.25) is 0 Å². The predicted octanol–water partition coefficient (Wildman–Crippen LogP) is 4.03. The summed E-state index contributed by atoms with van der Waals surface area (Å²) in [4.78, 5) is 13.8. The number of nitrogens with one attached hydrogen (secondary N) is 1. The van der Waals surface area contributed by atoms with Gasteiger partial charge in [0.25, 0.3) is 0 Å². The largest absolute Gasteiger partial charge is 0.490 e. The van der Waals surface area contributed by atoms with Crippen LogP contribution >= 0.6 is 0 Å². The molecule has 0 aliphatic carbocycles. The van der Waals surface area contributed by atoms with Crippen molar-refractivity contribution >= 4 is 6.03 Å². The van der Waals surface area contributed by atoms with Crippen LogP contribution in [0.25, 0.3) is 0 Å². The Hall–Kier alpha value is -2.83. The van der Waals surface area contributed by atoms with Crippen LogP contribution in [0.4, 0.5) is 13.6 Å². The summed E-state index contributed by atoms with van der Waals surface area (Å²) >= 11 is 0. The van der Waals surface area contributed by atoms with E-state index in [9.17, 15) is 13.6 Å². The molecule has 0 radical (unpaired) electrons. The molecular formula is C20H22F2N2O3. The van der Waals surface area contributed by atoms with Gasteiger partial charge < -0.3 is 19.7 Å². The normalized spacial score (nSPS) is 14.2. The maximum absolute atomic E-state index is 13.3. The van der Waals surface area contributed by atoms with Gasteiger partial charge in [-0.05, 0) is 42.3 Å². The van der Waals surface area contributed by atoms with Gasteiger partial charge in [0.05, 0.1) is 19.3 Å². The van der Waals surface area contributed by atoms with Crippen molar-refractivity contribution in [1.29, 1.82) is 0 Å². The van der Waals surface area contributed by atoms with Crippen LogP contribution in [0.2, 0.25) is 0 Å². The van der Waals surface area contributed by atoms with Crippen LogP contribution in [0.1, 0.15) is 30.5 Å². The van der Waals surface area contributed by atoms with E-state index in [-0.39, 0.29) is 18.6 Å². The molecule has 5 nitrogen and oxygen atoms in total. The number of hydrogen-bond acceptors (Lipinski definition) is 3. The van der Waals surface area contributed by atoms with Crippen LogP contribution in [0.15, 0.2) is 36.4 Å². The maximum Gasteiger partial charge on any atom is 0.317 e. The fraction of sp³-hybridized carbons (Fsp3) is 0.350. The number of nitrogens with zero attached hydrogens (tertiary/aromatic N) is 1. The Morgan fingerprint density at radius 1 is 1.11 bits per heavy atom. The van der Waals surface area contributed by atoms with Gasteiger partial charge in [0.2, 0.25) is 0 Å². The van der Waals surface area contributed by atoms with Gasteiger partial charge in [-0.2, -0.15) is 0 Å². The molecule has 2 aromatic rings. The average molecular weight is 376 g/mol. The van der Waals surface area contributed by atoms with Crippen molar-refractivity contribution in [3.8, 4) is 11.5 Å². The molecule has 1 unspecified atom stereocenters. The van der Waals surface area contributed by atoms with Crippen molar-refractivity contribution in [3.05, 3.63) is 59.2 Å². The first-order chi connectivity index (χ1) is 12.9. The molecule has 0 spiro atoms. The first-order valence-corrected chi connectivity index (χ1v) is 8.79. The zero-order chi connectivity index (χ0) is 19.4. The summed E-state index contributed by atoms with van der Waals surface area (Å²) in [5.41, 5.74) is 1.39. The molecule has 0 bridgehead atoms. The lowest BCUT2D eigenvalue weighted by atomic mass is 10.1. The van der Waals surface area contributed by atoms with Gasteiger partial charge in [0, 0.05) is 20.0 Å². The van der Waals surface area contributed by atoms with Crippen molar-refractivity contribution in [2.24, 2.45) is 0 Å². The van der Waals surface area contributed by atoms with Gasteiger partial charge in [-0.15, -0.1) is 0 Å². The average Bonchev–Trinajstić information content (AvgIpc) is 2.89. The fourth-order valence-electron chi connectivity index (χ4n) is 2.81. The van der Waals surface area contributed by atoms with Gasteiger partial charge in [0.15, 0.2) is 23.1 Å². The molecule has 0 aromatic heterocycles. The molecule has 0 fully saturated rings. The summed E-state index contributed by atoms with van der Waals surface area (Å²) < 4.78 is 37.6. The number of rotatable bonds is 4. The van der Waals surface area contributed by atoms with E-state index in [4.69, 9.17) is 9.47 Å². The minimum absolute atomic E-state index is 0.164. The van der Waals surface area contributed by atoms with Gasteiger partial charge >= 0.3 is 6.03 Å². The number of urea groups is 1. The zero-order valence-corrected chi connectivity index (χ0v) is 15.3. The van der Waals surface area contributed by atoms with Crippen LogP contribution < -0.4 is 14.8 Å². The Kier molecular flexibility index (Phi) is 5.78. The highest BCUT2D eigenvalue weighted by Crippen LogP contribution is 2.32. The lowest BCUT2D eigenvalue weighted by molar-refractivity contribution is 0.203. The molecule has 2 amide bonds. The molecule has 0 saturated carbocycles. The van der Waals surface area contributed by atoms with E-state index < -0.39 is 11.6 Å². The summed E-state index contributed by atoms with van der Waals surface area (Å²) in [7, 11) is 1.59. The third-order valence-corrected chi connectivity index (χ3v) is 4.36. The minimum Gasteiger partial charge on any atom is -0.490 e. The molecule has 3 rings (SSSR count). The molecular weight excluding hydrogens is 354 g/mol. The summed E-state index contributed by atoms with van der Waals surface area (Å²) in [6.45, 7) is 3.24. The summed E-state index contributed by atoms with van der Waals surface area (Å²) in [6, 6.07) is 8.60. The Morgan fingerprint density at radius 2 is 1.85 bits per heavy atom. The van der Waals surface area contributed by atoms with E-state index in [0.717, 1.165) is 24.1 Å². The topological polar surface area (TPSA) is 50.8 Å². The number of carbonyl (C=O) groups excluding carboxylic acids is 1. The van der Waals surface area contributed by atoms with Crippen LogP contribution in [0, 0.1) is 11.6 Å². The lowest BCUT2D eigenvalue weighted by Gasteiger charge is -2.22. The first-order valence-electron chi connectivity index (χ1n) is 8.79. The predicted molar refractivity (Wildman–Crippen MR) is 96.8 cm³/mol. The third kappa shape index (κ3) is 4.67. The number of benzene rings is 2.